The van der Waals surface area contributed by atoms with Crippen LogP contribution in [0.3, 0.4) is 0 Å². The Labute approximate surface area is 117 Å². The van der Waals surface area contributed by atoms with Crippen LogP contribution in [-0.2, 0) is 6.61 Å². The van der Waals surface area contributed by atoms with Gasteiger partial charge in [0.05, 0.1) is 12.7 Å². The Morgan fingerprint density at radius 1 is 1.20 bits per heavy atom. The second kappa shape index (κ2) is 6.07. The van der Waals surface area contributed by atoms with E-state index in [1.54, 1.807) is 37.3 Å². The minimum absolute atomic E-state index is 0.282. The van der Waals surface area contributed by atoms with Crippen LogP contribution in [-0.4, -0.2) is 7.11 Å². The smallest absolute Gasteiger partial charge is 0.137 e. The standard InChI is InChI=1S/C16H14FNO2/c1-11-3-6-14(8-15(11)17)20-10-12-4-5-13(9-18)16(7-12)19-2/h3-8H,10H2,1-2H3. The van der Waals surface area contributed by atoms with Gasteiger partial charge in [-0.25, -0.2) is 4.39 Å². The van der Waals surface area contributed by atoms with E-state index in [1.165, 1.54) is 13.2 Å². The number of hydrogen-bond acceptors (Lipinski definition) is 3. The monoisotopic (exact) mass is 271 g/mol. The van der Waals surface area contributed by atoms with Crippen LogP contribution in [0.2, 0.25) is 0 Å². The summed E-state index contributed by atoms with van der Waals surface area (Å²) in [6.45, 7) is 1.98. The highest BCUT2D eigenvalue weighted by molar-refractivity contribution is 5.45. The predicted molar refractivity (Wildman–Crippen MR) is 73.2 cm³/mol. The van der Waals surface area contributed by atoms with Crippen molar-refractivity contribution < 1.29 is 13.9 Å². The SMILES string of the molecule is COc1cc(COc2ccc(C)c(F)c2)ccc1C#N. The largest absolute Gasteiger partial charge is 0.495 e. The second-order valence-corrected chi connectivity index (χ2v) is 4.35. The fourth-order valence-electron chi connectivity index (χ4n) is 1.75. The highest BCUT2D eigenvalue weighted by Gasteiger charge is 2.05. The fraction of sp³-hybridized carbons (Fsp3) is 0.188. The molecule has 0 saturated carbocycles. The van der Waals surface area contributed by atoms with Gasteiger partial charge in [-0.1, -0.05) is 12.1 Å². The van der Waals surface area contributed by atoms with E-state index >= 15 is 0 Å². The molecule has 0 atom stereocenters. The fourth-order valence-corrected chi connectivity index (χ4v) is 1.75. The minimum atomic E-state index is -0.292. The van der Waals surface area contributed by atoms with Gasteiger partial charge in [0.1, 0.15) is 30.0 Å². The molecule has 0 saturated heterocycles. The summed E-state index contributed by atoms with van der Waals surface area (Å²) >= 11 is 0. The minimum Gasteiger partial charge on any atom is -0.495 e. The number of hydrogen-bond donors (Lipinski definition) is 0. The third-order valence-corrected chi connectivity index (χ3v) is 2.94. The maximum atomic E-state index is 13.4. The zero-order valence-electron chi connectivity index (χ0n) is 11.3. The summed E-state index contributed by atoms with van der Waals surface area (Å²) in [6.07, 6.45) is 0. The first kappa shape index (κ1) is 13.9. The van der Waals surface area contributed by atoms with Gasteiger partial charge < -0.3 is 9.47 Å². The van der Waals surface area contributed by atoms with E-state index in [0.717, 1.165) is 5.56 Å². The van der Waals surface area contributed by atoms with Crippen molar-refractivity contribution in [2.24, 2.45) is 0 Å². The molecule has 0 spiro atoms. The summed E-state index contributed by atoms with van der Waals surface area (Å²) in [5, 5.41) is 8.90. The molecule has 0 bridgehead atoms. The topological polar surface area (TPSA) is 42.2 Å². The molecule has 3 nitrogen and oxygen atoms in total. The summed E-state index contributed by atoms with van der Waals surface area (Å²) < 4.78 is 24.0. The van der Waals surface area contributed by atoms with Crippen LogP contribution in [0.4, 0.5) is 4.39 Å². The summed E-state index contributed by atoms with van der Waals surface area (Å²) in [5.41, 5.74) is 1.90. The molecule has 2 rings (SSSR count). The zero-order chi connectivity index (χ0) is 14.5. The molecule has 0 aromatic heterocycles. The molecule has 0 aliphatic heterocycles. The van der Waals surface area contributed by atoms with Crippen LogP contribution in [0.1, 0.15) is 16.7 Å². The summed E-state index contributed by atoms with van der Waals surface area (Å²) in [5.74, 6) is 0.681. The number of rotatable bonds is 4. The van der Waals surface area contributed by atoms with Crippen molar-refractivity contribution in [3.8, 4) is 17.6 Å². The van der Waals surface area contributed by atoms with Crippen LogP contribution < -0.4 is 9.47 Å². The molecule has 0 aliphatic carbocycles. The molecule has 0 N–H and O–H groups in total. The molecule has 20 heavy (non-hydrogen) atoms. The van der Waals surface area contributed by atoms with Gasteiger partial charge >= 0.3 is 0 Å². The van der Waals surface area contributed by atoms with Crippen LogP contribution in [0.15, 0.2) is 36.4 Å². The molecule has 4 heteroatoms. The average Bonchev–Trinajstić information content (AvgIpc) is 2.48. The lowest BCUT2D eigenvalue weighted by atomic mass is 10.1. The lowest BCUT2D eigenvalue weighted by Crippen LogP contribution is -1.98. The van der Waals surface area contributed by atoms with Gasteiger partial charge in [-0.2, -0.15) is 5.26 Å². The number of benzene rings is 2. The molecule has 2 aromatic carbocycles. The van der Waals surface area contributed by atoms with Gasteiger partial charge in [0.15, 0.2) is 0 Å². The Morgan fingerprint density at radius 2 is 2.00 bits per heavy atom. The maximum absolute atomic E-state index is 13.4. The highest BCUT2D eigenvalue weighted by atomic mass is 19.1. The Bertz CT molecular complexity index is 662. The van der Waals surface area contributed by atoms with Crippen LogP contribution in [0.5, 0.6) is 11.5 Å². The molecule has 0 unspecified atom stereocenters. The lowest BCUT2D eigenvalue weighted by molar-refractivity contribution is 0.303. The highest BCUT2D eigenvalue weighted by Crippen LogP contribution is 2.21. The van der Waals surface area contributed by atoms with Gasteiger partial charge in [0.25, 0.3) is 0 Å². The van der Waals surface area contributed by atoms with E-state index in [0.29, 0.717) is 22.6 Å². The van der Waals surface area contributed by atoms with E-state index < -0.39 is 0 Å². The first-order valence-electron chi connectivity index (χ1n) is 6.10. The summed E-state index contributed by atoms with van der Waals surface area (Å²) in [7, 11) is 1.51. The first-order chi connectivity index (χ1) is 9.63. The Kier molecular flexibility index (Phi) is 4.21. The maximum Gasteiger partial charge on any atom is 0.137 e. The van der Waals surface area contributed by atoms with Crippen molar-refractivity contribution in [1.82, 2.24) is 0 Å². The van der Waals surface area contributed by atoms with Gasteiger partial charge in [-0.05, 0) is 36.2 Å². The number of nitriles is 1. The van der Waals surface area contributed by atoms with Crippen molar-refractivity contribution >= 4 is 0 Å². The molecular weight excluding hydrogens is 257 g/mol. The van der Waals surface area contributed by atoms with Crippen LogP contribution in [0.25, 0.3) is 0 Å². The summed E-state index contributed by atoms with van der Waals surface area (Å²) in [6, 6.07) is 12.0. The van der Waals surface area contributed by atoms with E-state index in [-0.39, 0.29) is 12.4 Å². The van der Waals surface area contributed by atoms with E-state index in [1.807, 2.05) is 6.07 Å². The van der Waals surface area contributed by atoms with Gasteiger partial charge in [0, 0.05) is 6.07 Å². The number of ether oxygens (including phenoxy) is 2. The molecule has 0 radical (unpaired) electrons. The molecule has 102 valence electrons. The van der Waals surface area contributed by atoms with Crippen LogP contribution >= 0.6 is 0 Å². The van der Waals surface area contributed by atoms with Crippen molar-refractivity contribution in [2.75, 3.05) is 7.11 Å². The van der Waals surface area contributed by atoms with Crippen molar-refractivity contribution in [1.29, 1.82) is 5.26 Å². The van der Waals surface area contributed by atoms with Gasteiger partial charge in [-0.15, -0.1) is 0 Å². The Balaban J connectivity index is 2.11. The predicted octanol–water partition coefficient (Wildman–Crippen LogP) is 3.59. The van der Waals surface area contributed by atoms with E-state index in [4.69, 9.17) is 14.7 Å². The molecule has 0 fully saturated rings. The third kappa shape index (κ3) is 3.07. The molecule has 2 aromatic rings. The van der Waals surface area contributed by atoms with Gasteiger partial charge in [0.2, 0.25) is 0 Å². The Morgan fingerprint density at radius 3 is 2.65 bits per heavy atom. The molecule has 0 aliphatic rings. The van der Waals surface area contributed by atoms with E-state index in [9.17, 15) is 4.39 Å². The number of nitrogens with zero attached hydrogens (tertiary/aromatic N) is 1. The second-order valence-electron chi connectivity index (χ2n) is 4.35. The Hall–Kier alpha value is -2.54. The number of methoxy groups -OCH3 is 1. The normalized spacial score (nSPS) is 9.90. The first-order valence-corrected chi connectivity index (χ1v) is 6.10. The van der Waals surface area contributed by atoms with Crippen molar-refractivity contribution in [2.45, 2.75) is 13.5 Å². The van der Waals surface area contributed by atoms with Crippen molar-refractivity contribution in [3.63, 3.8) is 0 Å². The lowest BCUT2D eigenvalue weighted by Gasteiger charge is -2.09. The van der Waals surface area contributed by atoms with Gasteiger partial charge in [-0.3, -0.25) is 0 Å². The molecular formula is C16H14FNO2. The number of aryl methyl sites for hydroxylation is 1. The van der Waals surface area contributed by atoms with E-state index in [2.05, 4.69) is 0 Å². The quantitative estimate of drug-likeness (QED) is 0.853. The van der Waals surface area contributed by atoms with Crippen LogP contribution in [0, 0.1) is 24.1 Å². The van der Waals surface area contributed by atoms with Crippen molar-refractivity contribution in [3.05, 3.63) is 58.9 Å². The third-order valence-electron chi connectivity index (χ3n) is 2.94. The summed E-state index contributed by atoms with van der Waals surface area (Å²) in [4.78, 5) is 0. The average molecular weight is 271 g/mol. The molecule has 0 amide bonds. The molecule has 0 heterocycles. The zero-order valence-corrected chi connectivity index (χ0v) is 11.3. The number of halogens is 1.